The number of carbonyl (C=O) groups is 1. The van der Waals surface area contributed by atoms with Crippen molar-refractivity contribution in [2.45, 2.75) is 26.2 Å². The van der Waals surface area contributed by atoms with Gasteiger partial charge in [-0.05, 0) is 36.8 Å². The molecule has 0 N–H and O–H groups in total. The van der Waals surface area contributed by atoms with Crippen LogP contribution >= 0.6 is 11.6 Å². The van der Waals surface area contributed by atoms with Gasteiger partial charge in [-0.2, -0.15) is 0 Å². The van der Waals surface area contributed by atoms with E-state index in [1.54, 1.807) is 0 Å². The molecule has 28 heavy (non-hydrogen) atoms. The van der Waals surface area contributed by atoms with Crippen LogP contribution in [0.2, 0.25) is 5.15 Å². The van der Waals surface area contributed by atoms with Crippen molar-refractivity contribution in [3.05, 3.63) is 35.5 Å². The Hall–Kier alpha value is -1.85. The van der Waals surface area contributed by atoms with Gasteiger partial charge in [-0.15, -0.1) is 0 Å². The molecule has 0 unspecified atom stereocenters. The lowest BCUT2D eigenvalue weighted by atomic mass is 9.92. The van der Waals surface area contributed by atoms with Gasteiger partial charge in [0, 0.05) is 51.1 Å². The lowest BCUT2D eigenvalue weighted by Crippen LogP contribution is -2.49. The maximum absolute atomic E-state index is 12.7. The van der Waals surface area contributed by atoms with E-state index in [-0.39, 0.29) is 0 Å². The van der Waals surface area contributed by atoms with E-state index >= 15 is 0 Å². The Morgan fingerprint density at radius 1 is 1.11 bits per heavy atom. The van der Waals surface area contributed by atoms with Crippen LogP contribution in [0.1, 0.15) is 26.2 Å². The number of carbonyl (C=O) groups excluding carboxylic acids is 1. The molecule has 0 spiro atoms. The molecule has 0 aliphatic carbocycles. The predicted molar refractivity (Wildman–Crippen MR) is 115 cm³/mol. The Bertz CT molecular complexity index is 826. The van der Waals surface area contributed by atoms with Gasteiger partial charge >= 0.3 is 0 Å². The first-order valence-electron chi connectivity index (χ1n) is 10.4. The molecule has 2 fully saturated rings. The Balaban J connectivity index is 1.32. The zero-order chi connectivity index (χ0) is 19.5. The highest BCUT2D eigenvalue weighted by molar-refractivity contribution is 6.34. The van der Waals surface area contributed by atoms with Crippen molar-refractivity contribution in [2.75, 3.05) is 50.7 Å². The molecule has 1 amide bonds. The number of amides is 1. The van der Waals surface area contributed by atoms with Crippen LogP contribution in [0, 0.1) is 5.92 Å². The maximum atomic E-state index is 12.7. The van der Waals surface area contributed by atoms with Crippen LogP contribution in [0.25, 0.3) is 10.8 Å². The number of benzene rings is 1. The molecule has 150 valence electrons. The smallest absolute Gasteiger partial charge is 0.222 e. The van der Waals surface area contributed by atoms with Gasteiger partial charge < -0.3 is 14.7 Å². The molecule has 5 nitrogen and oxygen atoms in total. The second-order valence-electron chi connectivity index (χ2n) is 7.94. The molecule has 0 atom stereocenters. The Labute approximate surface area is 172 Å². The summed E-state index contributed by atoms with van der Waals surface area (Å²) in [5, 5.41) is 2.69. The van der Waals surface area contributed by atoms with E-state index in [0.717, 1.165) is 75.2 Å². The Morgan fingerprint density at radius 3 is 2.54 bits per heavy atom. The van der Waals surface area contributed by atoms with Crippen molar-refractivity contribution in [1.29, 1.82) is 0 Å². The van der Waals surface area contributed by atoms with Crippen LogP contribution in [-0.2, 0) is 4.79 Å². The summed E-state index contributed by atoms with van der Waals surface area (Å²) >= 11 is 6.39. The number of anilines is 1. The number of rotatable bonds is 4. The van der Waals surface area contributed by atoms with Crippen molar-refractivity contribution >= 4 is 34.1 Å². The highest BCUT2D eigenvalue weighted by Gasteiger charge is 2.26. The number of pyridine rings is 1. The zero-order valence-electron chi connectivity index (χ0n) is 16.6. The summed E-state index contributed by atoms with van der Waals surface area (Å²) in [5.74, 6) is 1.76. The van der Waals surface area contributed by atoms with Crippen molar-refractivity contribution < 1.29 is 4.79 Å². The summed E-state index contributed by atoms with van der Waals surface area (Å²) in [5.41, 5.74) is 0. The quantitative estimate of drug-likeness (QED) is 0.734. The molecular weight excluding hydrogens is 372 g/mol. The molecule has 2 saturated heterocycles. The molecule has 4 rings (SSSR count). The summed E-state index contributed by atoms with van der Waals surface area (Å²) in [4.78, 5) is 24.0. The lowest BCUT2D eigenvalue weighted by Gasteiger charge is -2.36. The number of hydrogen-bond donors (Lipinski definition) is 0. The zero-order valence-corrected chi connectivity index (χ0v) is 17.4. The van der Waals surface area contributed by atoms with Crippen molar-refractivity contribution in [1.82, 2.24) is 14.8 Å². The van der Waals surface area contributed by atoms with E-state index in [9.17, 15) is 4.79 Å². The van der Waals surface area contributed by atoms with Gasteiger partial charge in [0.25, 0.3) is 0 Å². The SMILES string of the molecule is CCN1CCN(C(=O)CC2CCN(c3cc4ccccc4c(Cl)n3)CC2)CC1. The normalized spacial score (nSPS) is 19.4. The second-order valence-corrected chi connectivity index (χ2v) is 8.30. The molecule has 0 saturated carbocycles. The fourth-order valence-electron chi connectivity index (χ4n) is 4.36. The number of likely N-dealkylation sites (N-methyl/N-ethyl adjacent to an activating group) is 1. The molecule has 0 bridgehead atoms. The lowest BCUT2D eigenvalue weighted by molar-refractivity contribution is -0.134. The van der Waals surface area contributed by atoms with Crippen LogP contribution in [0.3, 0.4) is 0 Å². The average Bonchev–Trinajstić information content (AvgIpc) is 2.74. The van der Waals surface area contributed by atoms with Gasteiger partial charge in [-0.3, -0.25) is 4.79 Å². The maximum Gasteiger partial charge on any atom is 0.222 e. The topological polar surface area (TPSA) is 39.7 Å². The molecule has 0 radical (unpaired) electrons. The Kier molecular flexibility index (Phi) is 6.02. The fourth-order valence-corrected chi connectivity index (χ4v) is 4.62. The molecule has 1 aromatic carbocycles. The Morgan fingerprint density at radius 2 is 1.82 bits per heavy atom. The minimum Gasteiger partial charge on any atom is -0.357 e. The summed E-state index contributed by atoms with van der Waals surface area (Å²) in [6.45, 7) is 8.91. The van der Waals surface area contributed by atoms with Crippen LogP contribution in [-0.4, -0.2) is 66.5 Å². The van der Waals surface area contributed by atoms with Crippen molar-refractivity contribution in [2.24, 2.45) is 5.92 Å². The molecule has 1 aromatic heterocycles. The first kappa shape index (κ1) is 19.5. The fraction of sp³-hybridized carbons (Fsp3) is 0.545. The van der Waals surface area contributed by atoms with E-state index in [1.807, 2.05) is 18.2 Å². The largest absolute Gasteiger partial charge is 0.357 e. The molecule has 6 heteroatoms. The minimum atomic E-state index is 0.334. The van der Waals surface area contributed by atoms with E-state index in [2.05, 4.69) is 38.7 Å². The van der Waals surface area contributed by atoms with Crippen molar-refractivity contribution in [3.8, 4) is 0 Å². The molecule has 2 aromatic rings. The minimum absolute atomic E-state index is 0.334. The van der Waals surface area contributed by atoms with Crippen LogP contribution in [0.5, 0.6) is 0 Å². The third kappa shape index (κ3) is 4.26. The number of piperidine rings is 1. The second kappa shape index (κ2) is 8.66. The van der Waals surface area contributed by atoms with Gasteiger partial charge in [0.15, 0.2) is 0 Å². The molecule has 2 aliphatic rings. The van der Waals surface area contributed by atoms with Gasteiger partial charge in [0.05, 0.1) is 0 Å². The van der Waals surface area contributed by atoms with Gasteiger partial charge in [0.1, 0.15) is 11.0 Å². The first-order chi connectivity index (χ1) is 13.6. The summed E-state index contributed by atoms with van der Waals surface area (Å²) < 4.78 is 0. The van der Waals surface area contributed by atoms with E-state index in [1.165, 1.54) is 0 Å². The molecule has 3 heterocycles. The van der Waals surface area contributed by atoms with Gasteiger partial charge in [-0.1, -0.05) is 42.8 Å². The molecular formula is C22H29ClN4O. The number of aromatic nitrogens is 1. The number of halogens is 1. The first-order valence-corrected chi connectivity index (χ1v) is 10.8. The summed E-state index contributed by atoms with van der Waals surface area (Å²) in [6.07, 6.45) is 2.76. The third-order valence-electron chi connectivity index (χ3n) is 6.25. The molecule has 2 aliphatic heterocycles. The highest BCUT2D eigenvalue weighted by Crippen LogP contribution is 2.30. The third-order valence-corrected chi connectivity index (χ3v) is 6.54. The monoisotopic (exact) mass is 400 g/mol. The number of piperazine rings is 1. The van der Waals surface area contributed by atoms with E-state index in [4.69, 9.17) is 11.6 Å². The van der Waals surface area contributed by atoms with E-state index in [0.29, 0.717) is 23.4 Å². The predicted octanol–water partition coefficient (Wildman–Crippen LogP) is 3.66. The van der Waals surface area contributed by atoms with Crippen LogP contribution < -0.4 is 4.90 Å². The van der Waals surface area contributed by atoms with Crippen molar-refractivity contribution in [3.63, 3.8) is 0 Å². The summed E-state index contributed by atoms with van der Waals surface area (Å²) in [7, 11) is 0. The van der Waals surface area contributed by atoms with Crippen LogP contribution in [0.15, 0.2) is 30.3 Å². The number of nitrogens with zero attached hydrogens (tertiary/aromatic N) is 4. The standard InChI is InChI=1S/C22H29ClN4O/c1-2-25-11-13-27(14-12-25)21(28)15-17-7-9-26(10-8-17)20-16-18-5-3-4-6-19(18)22(23)24-20/h3-6,16-17H,2,7-15H2,1H3. The van der Waals surface area contributed by atoms with Crippen LogP contribution in [0.4, 0.5) is 5.82 Å². The van der Waals surface area contributed by atoms with Gasteiger partial charge in [0.2, 0.25) is 5.91 Å². The summed E-state index contributed by atoms with van der Waals surface area (Å²) in [6, 6.07) is 10.2. The number of hydrogen-bond acceptors (Lipinski definition) is 4. The average molecular weight is 401 g/mol. The number of fused-ring (bicyclic) bond motifs is 1. The highest BCUT2D eigenvalue weighted by atomic mass is 35.5. The van der Waals surface area contributed by atoms with Gasteiger partial charge in [-0.25, -0.2) is 4.98 Å². The van der Waals surface area contributed by atoms with E-state index < -0.39 is 0 Å².